The lowest BCUT2D eigenvalue weighted by Crippen LogP contribution is -2.39. The van der Waals surface area contributed by atoms with Crippen molar-refractivity contribution in [2.45, 2.75) is 39.8 Å². The molecule has 140 valence electrons. The van der Waals surface area contributed by atoms with Crippen LogP contribution in [0.5, 0.6) is 5.75 Å². The number of rotatable bonds is 9. The molecule has 0 amide bonds. The van der Waals surface area contributed by atoms with Crippen LogP contribution in [0.4, 0.5) is 0 Å². The van der Waals surface area contributed by atoms with Crippen LogP contribution in [0.3, 0.4) is 0 Å². The molecule has 0 spiro atoms. The van der Waals surface area contributed by atoms with E-state index < -0.39 is 0 Å². The van der Waals surface area contributed by atoms with Crippen LogP contribution in [0, 0.1) is 6.92 Å². The molecule has 1 heterocycles. The quantitative estimate of drug-likeness (QED) is 0.407. The first-order chi connectivity index (χ1) is 12.2. The van der Waals surface area contributed by atoms with E-state index in [-0.39, 0.29) is 6.10 Å². The van der Waals surface area contributed by atoms with Crippen LogP contribution in [0.15, 0.2) is 23.2 Å². The van der Waals surface area contributed by atoms with Gasteiger partial charge in [-0.1, -0.05) is 12.1 Å². The zero-order valence-corrected chi connectivity index (χ0v) is 15.6. The van der Waals surface area contributed by atoms with E-state index >= 15 is 0 Å². The summed E-state index contributed by atoms with van der Waals surface area (Å²) in [6.45, 7) is 11.1. The first kappa shape index (κ1) is 19.5. The van der Waals surface area contributed by atoms with E-state index in [1.165, 1.54) is 5.56 Å². The van der Waals surface area contributed by atoms with Gasteiger partial charge < -0.3 is 24.8 Å². The molecule has 6 nitrogen and oxygen atoms in total. The lowest BCUT2D eigenvalue weighted by atomic mass is 10.1. The summed E-state index contributed by atoms with van der Waals surface area (Å²) in [6, 6.07) is 6.27. The monoisotopic (exact) mass is 349 g/mol. The molecule has 1 saturated heterocycles. The minimum atomic E-state index is 0.141. The zero-order chi connectivity index (χ0) is 17.9. The smallest absolute Gasteiger partial charge is 0.191 e. The Morgan fingerprint density at radius 3 is 2.92 bits per heavy atom. The molecule has 1 unspecified atom stereocenters. The topological polar surface area (TPSA) is 64.1 Å². The van der Waals surface area contributed by atoms with Gasteiger partial charge in [0, 0.05) is 31.7 Å². The molecule has 0 radical (unpaired) electrons. The molecular weight excluding hydrogens is 318 g/mol. The van der Waals surface area contributed by atoms with Crippen molar-refractivity contribution in [3.63, 3.8) is 0 Å². The predicted molar refractivity (Wildman–Crippen MR) is 100 cm³/mol. The van der Waals surface area contributed by atoms with Gasteiger partial charge in [-0.25, -0.2) is 4.99 Å². The van der Waals surface area contributed by atoms with Crippen molar-refractivity contribution < 1.29 is 14.2 Å². The van der Waals surface area contributed by atoms with Gasteiger partial charge in [0.25, 0.3) is 0 Å². The van der Waals surface area contributed by atoms with E-state index in [0.29, 0.717) is 19.8 Å². The minimum Gasteiger partial charge on any atom is -0.488 e. The Kier molecular flexibility index (Phi) is 8.55. The van der Waals surface area contributed by atoms with Crippen molar-refractivity contribution in [1.82, 2.24) is 10.6 Å². The summed E-state index contributed by atoms with van der Waals surface area (Å²) in [5.41, 5.74) is 2.27. The molecule has 6 heteroatoms. The Hall–Kier alpha value is -1.79. The van der Waals surface area contributed by atoms with Crippen molar-refractivity contribution in [2.24, 2.45) is 4.99 Å². The Balaban J connectivity index is 2.00. The molecule has 1 aromatic rings. The van der Waals surface area contributed by atoms with Crippen LogP contribution >= 0.6 is 0 Å². The fourth-order valence-electron chi connectivity index (χ4n) is 2.58. The molecule has 1 aliphatic rings. The van der Waals surface area contributed by atoms with E-state index in [4.69, 9.17) is 14.2 Å². The maximum absolute atomic E-state index is 6.14. The molecular formula is C19H31N3O3. The average molecular weight is 349 g/mol. The third kappa shape index (κ3) is 6.92. The Morgan fingerprint density at radius 2 is 2.20 bits per heavy atom. The zero-order valence-electron chi connectivity index (χ0n) is 15.6. The van der Waals surface area contributed by atoms with Crippen molar-refractivity contribution in [1.29, 1.82) is 0 Å². The number of aliphatic imine (C=N–C) groups is 1. The van der Waals surface area contributed by atoms with E-state index in [0.717, 1.165) is 50.0 Å². The summed E-state index contributed by atoms with van der Waals surface area (Å²) in [7, 11) is 0. The first-order valence-corrected chi connectivity index (χ1v) is 9.16. The van der Waals surface area contributed by atoms with Crippen LogP contribution in [0.1, 0.15) is 31.4 Å². The lowest BCUT2D eigenvalue weighted by Gasteiger charge is -2.16. The summed E-state index contributed by atoms with van der Waals surface area (Å²) in [5.74, 6) is 1.70. The van der Waals surface area contributed by atoms with Crippen LogP contribution in [-0.2, 0) is 16.0 Å². The lowest BCUT2D eigenvalue weighted by molar-refractivity contribution is 0.140. The second kappa shape index (κ2) is 10.9. The average Bonchev–Trinajstić information content (AvgIpc) is 3.11. The van der Waals surface area contributed by atoms with Crippen molar-refractivity contribution >= 4 is 5.96 Å². The SMILES string of the molecule is CCNC(=NCc1ccc(C)cc1OC1CCOC1)NCCOCC. The summed E-state index contributed by atoms with van der Waals surface area (Å²) < 4.78 is 16.9. The van der Waals surface area contributed by atoms with E-state index in [9.17, 15) is 0 Å². The Morgan fingerprint density at radius 1 is 1.32 bits per heavy atom. The molecule has 0 bridgehead atoms. The molecule has 0 aromatic heterocycles. The van der Waals surface area contributed by atoms with Gasteiger partial charge >= 0.3 is 0 Å². The second-order valence-electron chi connectivity index (χ2n) is 6.03. The van der Waals surface area contributed by atoms with E-state index in [1.807, 2.05) is 6.92 Å². The summed E-state index contributed by atoms with van der Waals surface area (Å²) in [4.78, 5) is 4.67. The van der Waals surface area contributed by atoms with Gasteiger partial charge in [0.2, 0.25) is 0 Å². The van der Waals surface area contributed by atoms with Crippen LogP contribution in [0.2, 0.25) is 0 Å². The number of aryl methyl sites for hydroxylation is 1. The minimum absolute atomic E-state index is 0.141. The van der Waals surface area contributed by atoms with Gasteiger partial charge in [0.1, 0.15) is 11.9 Å². The van der Waals surface area contributed by atoms with Gasteiger partial charge in [-0.15, -0.1) is 0 Å². The standard InChI is InChI=1S/C19H31N3O3/c1-4-20-19(21-9-11-23-5-2)22-13-16-7-6-15(3)12-18(16)25-17-8-10-24-14-17/h6-7,12,17H,4-5,8-11,13-14H2,1-3H3,(H2,20,21,22). The highest BCUT2D eigenvalue weighted by atomic mass is 16.5. The number of benzene rings is 1. The molecule has 1 atom stereocenters. The fourth-order valence-corrected chi connectivity index (χ4v) is 2.58. The van der Waals surface area contributed by atoms with Crippen molar-refractivity contribution in [3.8, 4) is 5.75 Å². The highest BCUT2D eigenvalue weighted by Crippen LogP contribution is 2.24. The number of nitrogens with one attached hydrogen (secondary N) is 2. The third-order valence-corrected chi connectivity index (χ3v) is 3.90. The van der Waals surface area contributed by atoms with E-state index in [2.05, 4.69) is 47.7 Å². The Labute approximate surface area is 151 Å². The maximum atomic E-state index is 6.14. The molecule has 25 heavy (non-hydrogen) atoms. The van der Waals surface area contributed by atoms with Gasteiger partial charge in [-0.3, -0.25) is 0 Å². The van der Waals surface area contributed by atoms with Crippen molar-refractivity contribution in [3.05, 3.63) is 29.3 Å². The normalized spacial score (nSPS) is 17.6. The van der Waals surface area contributed by atoms with E-state index in [1.54, 1.807) is 0 Å². The van der Waals surface area contributed by atoms with Crippen LogP contribution in [-0.4, -0.2) is 51.6 Å². The molecule has 1 aliphatic heterocycles. The number of guanidine groups is 1. The highest BCUT2D eigenvalue weighted by molar-refractivity contribution is 5.79. The molecule has 1 fully saturated rings. The molecule has 0 saturated carbocycles. The van der Waals surface area contributed by atoms with Gasteiger partial charge in [0.05, 0.1) is 26.4 Å². The molecule has 1 aromatic carbocycles. The van der Waals surface area contributed by atoms with Crippen LogP contribution < -0.4 is 15.4 Å². The maximum Gasteiger partial charge on any atom is 0.191 e. The molecule has 2 N–H and O–H groups in total. The number of ether oxygens (including phenoxy) is 3. The second-order valence-corrected chi connectivity index (χ2v) is 6.03. The Bertz CT molecular complexity index is 543. The number of hydrogen-bond acceptors (Lipinski definition) is 4. The van der Waals surface area contributed by atoms with Crippen molar-refractivity contribution in [2.75, 3.05) is 39.5 Å². The van der Waals surface area contributed by atoms with Gasteiger partial charge in [-0.2, -0.15) is 0 Å². The fraction of sp³-hybridized carbons (Fsp3) is 0.632. The number of hydrogen-bond donors (Lipinski definition) is 2. The summed E-state index contributed by atoms with van der Waals surface area (Å²) in [5, 5.41) is 6.54. The largest absolute Gasteiger partial charge is 0.488 e. The molecule has 0 aliphatic carbocycles. The molecule has 2 rings (SSSR count). The van der Waals surface area contributed by atoms with Gasteiger partial charge in [0.15, 0.2) is 5.96 Å². The predicted octanol–water partition coefficient (Wildman–Crippen LogP) is 2.25. The summed E-state index contributed by atoms with van der Waals surface area (Å²) >= 11 is 0. The van der Waals surface area contributed by atoms with Crippen LogP contribution in [0.25, 0.3) is 0 Å². The summed E-state index contributed by atoms with van der Waals surface area (Å²) in [6.07, 6.45) is 1.08. The van der Waals surface area contributed by atoms with Gasteiger partial charge in [-0.05, 0) is 32.4 Å². The number of nitrogens with zero attached hydrogens (tertiary/aromatic N) is 1. The first-order valence-electron chi connectivity index (χ1n) is 9.16. The highest BCUT2D eigenvalue weighted by Gasteiger charge is 2.18. The third-order valence-electron chi connectivity index (χ3n) is 3.90.